The average molecular weight is 309 g/mol. The van der Waals surface area contributed by atoms with E-state index in [1.807, 2.05) is 13.0 Å². The Hall–Kier alpha value is -0.760. The molecule has 22 heavy (non-hydrogen) atoms. The van der Waals surface area contributed by atoms with Crippen molar-refractivity contribution in [3.63, 3.8) is 0 Å². The molecule has 0 saturated carbocycles. The first-order valence-corrected chi connectivity index (χ1v) is 9.32. The van der Waals surface area contributed by atoms with Gasteiger partial charge in [0.25, 0.3) is 0 Å². The predicted octanol–water partition coefficient (Wildman–Crippen LogP) is 5.25. The monoisotopic (exact) mass is 308 g/mol. The second-order valence-electron chi connectivity index (χ2n) is 6.61. The van der Waals surface area contributed by atoms with Gasteiger partial charge in [-0.3, -0.25) is 0 Å². The summed E-state index contributed by atoms with van der Waals surface area (Å²) in [4.78, 5) is 0. The van der Waals surface area contributed by atoms with E-state index in [9.17, 15) is 0 Å². The van der Waals surface area contributed by atoms with Crippen molar-refractivity contribution < 1.29 is 0 Å². The highest BCUT2D eigenvalue weighted by Crippen LogP contribution is 2.33. The average Bonchev–Trinajstić information content (AvgIpc) is 2.54. The summed E-state index contributed by atoms with van der Waals surface area (Å²) >= 11 is 0. The Morgan fingerprint density at radius 1 is 1.09 bits per heavy atom. The van der Waals surface area contributed by atoms with E-state index in [4.69, 9.17) is 11.5 Å². The van der Waals surface area contributed by atoms with E-state index in [-0.39, 0.29) is 6.04 Å². The van der Waals surface area contributed by atoms with Crippen LogP contribution in [0.1, 0.15) is 73.6 Å². The molecule has 0 rings (SSSR count). The minimum Gasteiger partial charge on any atom is -0.402 e. The Morgan fingerprint density at radius 2 is 1.68 bits per heavy atom. The first-order chi connectivity index (χ1) is 10.5. The molecule has 4 N–H and O–H groups in total. The van der Waals surface area contributed by atoms with Gasteiger partial charge in [-0.2, -0.15) is 0 Å². The fourth-order valence-electron chi connectivity index (χ4n) is 3.62. The first-order valence-electron chi connectivity index (χ1n) is 9.32. The molecular formula is C20H40N2. The molecular weight excluding hydrogens is 268 g/mol. The summed E-state index contributed by atoms with van der Waals surface area (Å²) in [5, 5.41) is 0. The summed E-state index contributed by atoms with van der Waals surface area (Å²) in [6.07, 6.45) is 12.5. The van der Waals surface area contributed by atoms with Crippen LogP contribution in [-0.2, 0) is 0 Å². The minimum atomic E-state index is 0.128. The van der Waals surface area contributed by atoms with Crippen molar-refractivity contribution in [2.45, 2.75) is 79.7 Å². The van der Waals surface area contributed by atoms with E-state index in [2.05, 4.69) is 46.8 Å². The Morgan fingerprint density at radius 3 is 2.09 bits per heavy atom. The molecule has 130 valence electrons. The summed E-state index contributed by atoms with van der Waals surface area (Å²) in [5.41, 5.74) is 13.9. The van der Waals surface area contributed by atoms with Crippen molar-refractivity contribution in [1.82, 2.24) is 0 Å². The van der Waals surface area contributed by atoms with Gasteiger partial charge in [0.2, 0.25) is 0 Å². The molecule has 0 amide bonds. The molecule has 0 aliphatic carbocycles. The summed E-state index contributed by atoms with van der Waals surface area (Å²) in [5.74, 6) is 2.01. The number of hydrogen-bond acceptors (Lipinski definition) is 2. The van der Waals surface area contributed by atoms with Gasteiger partial charge in [-0.25, -0.2) is 0 Å². The van der Waals surface area contributed by atoms with Crippen molar-refractivity contribution >= 4 is 0 Å². The summed E-state index contributed by atoms with van der Waals surface area (Å²) in [7, 11) is 0. The molecule has 2 nitrogen and oxygen atoms in total. The topological polar surface area (TPSA) is 52.0 Å². The maximum absolute atomic E-state index is 6.69. The van der Waals surface area contributed by atoms with E-state index in [1.165, 1.54) is 12.8 Å². The van der Waals surface area contributed by atoms with Crippen molar-refractivity contribution in [3.05, 3.63) is 23.9 Å². The van der Waals surface area contributed by atoms with Gasteiger partial charge < -0.3 is 11.5 Å². The van der Waals surface area contributed by atoms with Gasteiger partial charge in [0, 0.05) is 17.7 Å². The normalized spacial score (nSPS) is 18.6. The minimum absolute atomic E-state index is 0.128. The van der Waals surface area contributed by atoms with Crippen LogP contribution in [0.5, 0.6) is 0 Å². The van der Waals surface area contributed by atoms with Crippen LogP contribution in [-0.4, -0.2) is 6.04 Å². The van der Waals surface area contributed by atoms with Gasteiger partial charge in [0.1, 0.15) is 0 Å². The van der Waals surface area contributed by atoms with Crippen LogP contribution in [0.25, 0.3) is 0 Å². The summed E-state index contributed by atoms with van der Waals surface area (Å²) < 4.78 is 0. The zero-order chi connectivity index (χ0) is 17.1. The standard InChI is InChI=1S/C20H40N2/c1-7-12-14-17(16(9-3)10-4)15(6)20(22)18(13-8-2)19(21)11-5/h11-12,14-18,20H,7-10,13,21-22H2,1-6H3/b14-12+,19-11+/t15-,17?,18?,20?/m1/s1. The number of nitrogens with two attached hydrogens (primary N) is 2. The lowest BCUT2D eigenvalue weighted by atomic mass is 9.72. The molecule has 0 bridgehead atoms. The third-order valence-corrected chi connectivity index (χ3v) is 5.23. The highest BCUT2D eigenvalue weighted by Gasteiger charge is 2.31. The highest BCUT2D eigenvalue weighted by atomic mass is 14.7. The fraction of sp³-hybridized carbons (Fsp3) is 0.800. The van der Waals surface area contributed by atoms with Gasteiger partial charge >= 0.3 is 0 Å². The summed E-state index contributed by atoms with van der Waals surface area (Å²) in [6, 6.07) is 0.128. The molecule has 0 saturated heterocycles. The van der Waals surface area contributed by atoms with Crippen molar-refractivity contribution in [2.24, 2.45) is 35.1 Å². The lowest BCUT2D eigenvalue weighted by Crippen LogP contribution is -2.43. The second kappa shape index (κ2) is 11.8. The molecule has 3 unspecified atom stereocenters. The van der Waals surface area contributed by atoms with Crippen LogP contribution in [0.15, 0.2) is 23.9 Å². The largest absolute Gasteiger partial charge is 0.402 e. The van der Waals surface area contributed by atoms with E-state index >= 15 is 0 Å². The molecule has 0 aromatic heterocycles. The SMILES string of the molecule is C/C=C(/N)C(CCC)C(N)[C@H](C)C(/C=C/CC)C(CC)CC. The third kappa shape index (κ3) is 6.16. The van der Waals surface area contributed by atoms with Crippen LogP contribution < -0.4 is 11.5 Å². The van der Waals surface area contributed by atoms with Crippen LogP contribution in [0.2, 0.25) is 0 Å². The van der Waals surface area contributed by atoms with Crippen LogP contribution in [0.3, 0.4) is 0 Å². The lowest BCUT2D eigenvalue weighted by Gasteiger charge is -2.36. The van der Waals surface area contributed by atoms with Crippen molar-refractivity contribution in [3.8, 4) is 0 Å². The summed E-state index contributed by atoms with van der Waals surface area (Å²) in [6.45, 7) is 13.3. The smallest absolute Gasteiger partial charge is 0.0153 e. The van der Waals surface area contributed by atoms with Crippen molar-refractivity contribution in [1.29, 1.82) is 0 Å². The molecule has 0 heterocycles. The van der Waals surface area contributed by atoms with Crippen LogP contribution >= 0.6 is 0 Å². The zero-order valence-corrected chi connectivity index (χ0v) is 15.8. The molecule has 0 aliphatic heterocycles. The molecule has 2 heteroatoms. The Balaban J connectivity index is 5.31. The van der Waals surface area contributed by atoms with E-state index in [1.54, 1.807) is 0 Å². The van der Waals surface area contributed by atoms with Gasteiger partial charge in [0.05, 0.1) is 0 Å². The van der Waals surface area contributed by atoms with Gasteiger partial charge in [-0.15, -0.1) is 0 Å². The Kier molecular flexibility index (Phi) is 11.4. The quantitative estimate of drug-likeness (QED) is 0.512. The van der Waals surface area contributed by atoms with Crippen LogP contribution in [0.4, 0.5) is 0 Å². The van der Waals surface area contributed by atoms with Gasteiger partial charge in [-0.05, 0) is 37.5 Å². The third-order valence-electron chi connectivity index (χ3n) is 5.23. The van der Waals surface area contributed by atoms with Crippen LogP contribution in [0, 0.1) is 23.7 Å². The van der Waals surface area contributed by atoms with Gasteiger partial charge in [0.15, 0.2) is 0 Å². The first kappa shape index (κ1) is 21.2. The highest BCUT2D eigenvalue weighted by molar-refractivity contribution is 5.07. The van der Waals surface area contributed by atoms with Gasteiger partial charge in [-0.1, -0.05) is 72.1 Å². The molecule has 0 aromatic carbocycles. The number of rotatable bonds is 11. The zero-order valence-electron chi connectivity index (χ0n) is 15.8. The lowest BCUT2D eigenvalue weighted by molar-refractivity contribution is 0.214. The second-order valence-corrected chi connectivity index (χ2v) is 6.61. The van der Waals surface area contributed by atoms with Crippen molar-refractivity contribution in [2.75, 3.05) is 0 Å². The molecule has 0 spiro atoms. The maximum atomic E-state index is 6.69. The van der Waals surface area contributed by atoms with E-state index in [0.717, 1.165) is 25.0 Å². The predicted molar refractivity (Wildman–Crippen MR) is 100 cm³/mol. The van der Waals surface area contributed by atoms with E-state index in [0.29, 0.717) is 23.7 Å². The van der Waals surface area contributed by atoms with E-state index < -0.39 is 0 Å². The maximum Gasteiger partial charge on any atom is 0.0153 e. The molecule has 0 fully saturated rings. The Bertz CT molecular complexity index is 329. The molecule has 0 radical (unpaired) electrons. The molecule has 0 aliphatic rings. The number of allylic oxidation sites excluding steroid dienone is 3. The molecule has 0 aromatic rings. The molecule has 4 atom stereocenters. The Labute approximate surface area is 139 Å². The number of hydrogen-bond donors (Lipinski definition) is 2. The fourth-order valence-corrected chi connectivity index (χ4v) is 3.62.